The van der Waals surface area contributed by atoms with E-state index in [2.05, 4.69) is 26.6 Å². The Morgan fingerprint density at radius 3 is 1.23 bits per heavy atom. The summed E-state index contributed by atoms with van der Waals surface area (Å²) in [6.45, 7) is 3.99. The number of nitrogens with one attached hydrogen (secondary N) is 5. The molecule has 0 saturated heterocycles. The maximum Gasteiger partial charge on any atom is 0.326 e. The van der Waals surface area contributed by atoms with Gasteiger partial charge >= 0.3 is 23.9 Å². The van der Waals surface area contributed by atoms with E-state index in [1.165, 1.54) is 58.3 Å². The molecular weight excluding hydrogens is 1050 g/mol. The highest BCUT2D eigenvalue weighted by Gasteiger charge is 2.26. The molecule has 0 aromatic heterocycles. The lowest BCUT2D eigenvalue weighted by atomic mass is 9.97. The molecule has 460 valence electrons. The highest BCUT2D eigenvalue weighted by atomic mass is 16.5. The minimum atomic E-state index is -1.38. The van der Waals surface area contributed by atoms with Gasteiger partial charge in [0.15, 0.2) is 5.78 Å². The Morgan fingerprint density at radius 2 is 0.775 bits per heavy atom. The van der Waals surface area contributed by atoms with Crippen LogP contribution in [0.15, 0.2) is 0 Å². The Morgan fingerprint density at radius 1 is 0.375 bits per heavy atom. The second-order valence-electron chi connectivity index (χ2n) is 20.2. The van der Waals surface area contributed by atoms with Gasteiger partial charge < -0.3 is 66.0 Å². The predicted octanol–water partition coefficient (Wildman–Crippen LogP) is 5.04. The van der Waals surface area contributed by atoms with Crippen molar-refractivity contribution >= 4 is 65.0 Å². The lowest BCUT2D eigenvalue weighted by molar-refractivity contribution is -0.145. The molecule has 24 heteroatoms. The van der Waals surface area contributed by atoms with Crippen molar-refractivity contribution in [1.82, 2.24) is 26.6 Å². The van der Waals surface area contributed by atoms with Crippen LogP contribution < -0.4 is 26.6 Å². The molecule has 0 aromatic rings. The molecule has 0 aliphatic heterocycles. The molecular formula is C56H97N5O19. The van der Waals surface area contributed by atoms with E-state index in [9.17, 15) is 68.1 Å². The fraction of sp³-hybridized carbons (Fsp3) is 0.804. The molecule has 80 heavy (non-hydrogen) atoms. The molecule has 0 fully saturated rings. The van der Waals surface area contributed by atoms with Gasteiger partial charge in [-0.1, -0.05) is 103 Å². The number of rotatable bonds is 57. The molecule has 5 amide bonds. The smallest absolute Gasteiger partial charge is 0.326 e. The molecule has 0 heterocycles. The van der Waals surface area contributed by atoms with E-state index >= 15 is 0 Å². The normalized spacial score (nSPS) is 12.6. The molecule has 0 spiro atoms. The summed E-state index contributed by atoms with van der Waals surface area (Å²) in [4.78, 5) is 131. The molecule has 0 bridgehead atoms. The van der Waals surface area contributed by atoms with Crippen molar-refractivity contribution in [2.75, 3.05) is 72.5 Å². The fourth-order valence-electron chi connectivity index (χ4n) is 8.14. The van der Waals surface area contributed by atoms with Gasteiger partial charge in [-0.15, -0.1) is 0 Å². The van der Waals surface area contributed by atoms with Gasteiger partial charge in [0.25, 0.3) is 0 Å². The van der Waals surface area contributed by atoms with Crippen LogP contribution in [0.5, 0.6) is 0 Å². The number of amides is 5. The predicted molar refractivity (Wildman–Crippen MR) is 294 cm³/mol. The average molecular weight is 1140 g/mol. The molecule has 0 aromatic carbocycles. The Balaban J connectivity index is 3.93. The van der Waals surface area contributed by atoms with E-state index in [1.807, 2.05) is 6.92 Å². The van der Waals surface area contributed by atoms with Crippen molar-refractivity contribution in [2.45, 2.75) is 206 Å². The minimum Gasteiger partial charge on any atom is -0.481 e. The maximum absolute atomic E-state index is 12.5. The number of Topliss-reactive ketones (excluding diaryl/α,β-unsaturated/α-hetero) is 2. The van der Waals surface area contributed by atoms with Gasteiger partial charge in [-0.2, -0.15) is 0 Å². The third-order valence-electron chi connectivity index (χ3n) is 13.1. The lowest BCUT2D eigenvalue weighted by Gasteiger charge is -2.16. The number of ether oxygens (including phenoxy) is 4. The zero-order valence-corrected chi connectivity index (χ0v) is 47.8. The highest BCUT2D eigenvalue weighted by Crippen LogP contribution is 2.16. The Labute approximate surface area is 472 Å². The van der Waals surface area contributed by atoms with Crippen molar-refractivity contribution in [3.63, 3.8) is 0 Å². The van der Waals surface area contributed by atoms with Gasteiger partial charge in [-0.05, 0) is 51.9 Å². The van der Waals surface area contributed by atoms with E-state index < -0.39 is 78.4 Å². The molecule has 0 aliphatic rings. The zero-order valence-electron chi connectivity index (χ0n) is 47.8. The fourth-order valence-corrected chi connectivity index (χ4v) is 8.14. The van der Waals surface area contributed by atoms with Crippen LogP contribution >= 0.6 is 0 Å². The summed E-state index contributed by atoms with van der Waals surface area (Å²) in [6, 6.07) is -2.55. The second-order valence-corrected chi connectivity index (χ2v) is 20.2. The molecule has 24 nitrogen and oxygen atoms in total. The van der Waals surface area contributed by atoms with Crippen LogP contribution in [0.2, 0.25) is 0 Å². The quantitative estimate of drug-likeness (QED) is 0.0360. The van der Waals surface area contributed by atoms with Crippen molar-refractivity contribution in [2.24, 2.45) is 11.8 Å². The monoisotopic (exact) mass is 1140 g/mol. The van der Waals surface area contributed by atoms with Crippen molar-refractivity contribution in [3.8, 4) is 0 Å². The first-order valence-electron chi connectivity index (χ1n) is 28.9. The second kappa shape index (κ2) is 50.4. The summed E-state index contributed by atoms with van der Waals surface area (Å²) in [6.07, 6.45) is 18.6. The summed E-state index contributed by atoms with van der Waals surface area (Å²) >= 11 is 0. The topological polar surface area (TPSA) is 366 Å². The van der Waals surface area contributed by atoms with Crippen LogP contribution in [-0.4, -0.2) is 170 Å². The van der Waals surface area contributed by atoms with Crippen LogP contribution in [0.4, 0.5) is 0 Å². The van der Waals surface area contributed by atoms with Gasteiger partial charge in [0.2, 0.25) is 29.5 Å². The molecule has 0 unspecified atom stereocenters. The number of aliphatic carboxylic acids is 4. The number of ketones is 2. The summed E-state index contributed by atoms with van der Waals surface area (Å²) in [5.74, 6) is -8.58. The molecule has 0 rings (SSSR count). The van der Waals surface area contributed by atoms with E-state index in [1.54, 1.807) is 0 Å². The van der Waals surface area contributed by atoms with Crippen LogP contribution in [0.1, 0.15) is 194 Å². The SMILES string of the molecule is CC(=O)[C@@H](C)CCCCNC(=O)CC[C@H](NC(=O)CC[C@H](CC(=O)COCCOCCNC(=O)COCCOCCNC(=O)CC[C@H](NC(=O)CCCCCCCCCCCCCCCCCCC(=O)O)C(=O)O)C(=O)O)C(=O)O. The third-order valence-corrected chi connectivity index (χ3v) is 13.1. The first-order valence-corrected chi connectivity index (χ1v) is 28.9. The number of unbranched alkanes of at least 4 members (excludes halogenated alkanes) is 16. The lowest BCUT2D eigenvalue weighted by Crippen LogP contribution is -2.42. The maximum atomic E-state index is 12.5. The Kier molecular flexibility index (Phi) is 46.9. The van der Waals surface area contributed by atoms with Gasteiger partial charge in [0.05, 0.1) is 45.6 Å². The van der Waals surface area contributed by atoms with Crippen molar-refractivity contribution in [1.29, 1.82) is 0 Å². The first kappa shape index (κ1) is 74.4. The van der Waals surface area contributed by atoms with E-state index in [0.717, 1.165) is 51.4 Å². The Bertz CT molecular complexity index is 1800. The van der Waals surface area contributed by atoms with Crippen LogP contribution in [0.3, 0.4) is 0 Å². The number of carbonyl (C=O) groups is 11. The van der Waals surface area contributed by atoms with Crippen molar-refractivity contribution in [3.05, 3.63) is 0 Å². The van der Waals surface area contributed by atoms with E-state index in [4.69, 9.17) is 24.1 Å². The number of carboxylic acids is 4. The molecule has 9 N–H and O–H groups in total. The Hall–Kier alpha value is -5.59. The van der Waals surface area contributed by atoms with Gasteiger partial charge in [0.1, 0.15) is 31.1 Å². The minimum absolute atomic E-state index is 0.000350. The summed E-state index contributed by atoms with van der Waals surface area (Å²) < 4.78 is 21.3. The van der Waals surface area contributed by atoms with E-state index in [0.29, 0.717) is 25.8 Å². The summed E-state index contributed by atoms with van der Waals surface area (Å²) in [5, 5.41) is 50.1. The van der Waals surface area contributed by atoms with Crippen molar-refractivity contribution < 1.29 is 92.1 Å². The van der Waals surface area contributed by atoms with E-state index in [-0.39, 0.29) is 134 Å². The van der Waals surface area contributed by atoms with Crippen LogP contribution in [0.25, 0.3) is 0 Å². The number of carboxylic acid groups (broad SMARTS) is 4. The molecule has 0 saturated carbocycles. The molecule has 0 radical (unpaired) electrons. The standard InChI is InChI=1S/C56H97N5O19/c1-42(43(2)62)21-19-20-30-57-48(64)28-25-47(56(75)76)61-51(67)27-24-44(54(71)72)39-45(63)40-79-37-35-78-34-32-59-52(68)41-80-38-36-77-33-31-58-49(65)29-26-46(55(73)74)60-50(66)22-17-15-13-11-9-7-5-3-4-6-8-10-12-14-16-18-23-53(69)70/h42,44,46-47H,3-41H2,1-2H3,(H,57,64)(H,58,65)(H,59,68)(H,60,66)(H,61,67)(H,69,70)(H,71,72)(H,73,74)(H,75,76)/t42-,44+,46-,47-/m0/s1. The largest absolute Gasteiger partial charge is 0.481 e. The number of carbonyl (C=O) groups excluding carboxylic acids is 7. The summed E-state index contributed by atoms with van der Waals surface area (Å²) in [7, 11) is 0. The summed E-state index contributed by atoms with van der Waals surface area (Å²) in [5.41, 5.74) is 0. The molecule has 0 aliphatic carbocycles. The van der Waals surface area contributed by atoms with Crippen LogP contribution in [0, 0.1) is 11.8 Å². The third kappa shape index (κ3) is 47.2. The average Bonchev–Trinajstić information content (AvgIpc) is 3.40. The zero-order chi connectivity index (χ0) is 59.6. The van der Waals surface area contributed by atoms with Gasteiger partial charge in [-0.25, -0.2) is 9.59 Å². The number of hydrogen-bond donors (Lipinski definition) is 9. The van der Waals surface area contributed by atoms with Gasteiger partial charge in [0, 0.05) is 64.1 Å². The number of hydrogen-bond acceptors (Lipinski definition) is 15. The first-order chi connectivity index (χ1) is 38.3. The molecule has 4 atom stereocenters. The van der Waals surface area contributed by atoms with Gasteiger partial charge in [-0.3, -0.25) is 43.2 Å². The highest BCUT2D eigenvalue weighted by molar-refractivity contribution is 5.87. The van der Waals surface area contributed by atoms with Crippen LogP contribution in [-0.2, 0) is 71.7 Å².